The second-order valence-electron chi connectivity index (χ2n) is 17.5. The Morgan fingerprint density at radius 3 is 0.985 bits per heavy atom. The quantitative estimate of drug-likeness (QED) is 0.0165. The number of allylic oxidation sites excluding steroid dienone is 4. The molecule has 5 unspecified atom stereocenters. The van der Waals surface area contributed by atoms with Crippen molar-refractivity contribution in [3.8, 4) is 0 Å². The van der Waals surface area contributed by atoms with Crippen molar-refractivity contribution in [2.24, 2.45) is 0 Å². The van der Waals surface area contributed by atoms with Crippen LogP contribution < -0.4 is 0 Å². The first-order valence-corrected chi connectivity index (χ1v) is 28.7. The van der Waals surface area contributed by atoms with Crippen molar-refractivity contribution in [2.75, 3.05) is 39.6 Å². The fourth-order valence-electron chi connectivity index (χ4n) is 6.89. The first-order valence-electron chi connectivity index (χ1n) is 25.7. The average Bonchev–Trinajstić information content (AvgIpc) is 3.29. The molecule has 66 heavy (non-hydrogen) atoms. The molecule has 0 bridgehead atoms. The van der Waals surface area contributed by atoms with Crippen LogP contribution in [-0.4, -0.2) is 95.0 Å². The Hall–Kier alpha value is -1.48. The summed E-state index contributed by atoms with van der Waals surface area (Å²) in [5.41, 5.74) is 0. The van der Waals surface area contributed by atoms with Crippen LogP contribution in [0.1, 0.15) is 219 Å². The lowest BCUT2D eigenvalue weighted by Crippen LogP contribution is -2.25. The van der Waals surface area contributed by atoms with Crippen molar-refractivity contribution >= 4 is 27.6 Å². The van der Waals surface area contributed by atoms with E-state index in [-0.39, 0.29) is 12.8 Å². The molecule has 0 radical (unpaired) electrons. The third kappa shape index (κ3) is 47.6. The van der Waals surface area contributed by atoms with Gasteiger partial charge in [-0.25, -0.2) is 9.13 Å². The summed E-state index contributed by atoms with van der Waals surface area (Å²) in [6, 6.07) is 0. The second kappa shape index (κ2) is 45.9. The number of aliphatic hydroxyl groups is 3. The van der Waals surface area contributed by atoms with Gasteiger partial charge in [-0.15, -0.1) is 0 Å². The number of unbranched alkanes of at least 4 members (excludes halogenated alkanes) is 26. The molecule has 5 atom stereocenters. The second-order valence-corrected chi connectivity index (χ2v) is 20.4. The van der Waals surface area contributed by atoms with Gasteiger partial charge in [0.05, 0.1) is 26.4 Å². The first kappa shape index (κ1) is 64.5. The Kier molecular flexibility index (Phi) is 44.9. The summed E-state index contributed by atoms with van der Waals surface area (Å²) in [6.07, 6.45) is 40.2. The maximum Gasteiger partial charge on any atom is 0.472 e. The standard InChI is InChI=1S/C49H94O15P2/c1-3-5-7-9-11-13-15-17-18-19-20-21-22-23-24-26-28-30-32-34-36-38-49(54)60-40-46(51)42-62-66(57,58)64-44-47(52)43-63-65(55,56)61-41-45(50)39-59-48(53)37-35-33-31-29-27-25-16-14-12-10-8-6-4-2/h11,13,17-18,45-47,50-52H,3-10,12,14-16,19-44H2,1-2H3,(H,55,56)(H,57,58)/b13-11-,18-17-. The molecule has 0 aliphatic heterocycles. The van der Waals surface area contributed by atoms with Crippen LogP contribution >= 0.6 is 15.6 Å². The minimum atomic E-state index is -4.78. The van der Waals surface area contributed by atoms with E-state index in [0.717, 1.165) is 51.4 Å². The smallest absolute Gasteiger partial charge is 0.463 e. The average molecular weight is 985 g/mol. The highest BCUT2D eigenvalue weighted by Gasteiger charge is 2.28. The molecular formula is C49H94O15P2. The van der Waals surface area contributed by atoms with Crippen molar-refractivity contribution in [3.05, 3.63) is 24.3 Å². The normalized spacial score (nSPS) is 15.2. The molecule has 0 rings (SSSR count). The maximum absolute atomic E-state index is 12.2. The van der Waals surface area contributed by atoms with Crippen LogP contribution in [0.4, 0.5) is 0 Å². The van der Waals surface area contributed by atoms with Gasteiger partial charge in [0.25, 0.3) is 0 Å². The number of rotatable bonds is 50. The zero-order chi connectivity index (χ0) is 48.8. The fourth-order valence-corrected chi connectivity index (χ4v) is 8.48. The van der Waals surface area contributed by atoms with Crippen LogP contribution in [0.15, 0.2) is 24.3 Å². The van der Waals surface area contributed by atoms with Crippen LogP contribution in [0.25, 0.3) is 0 Å². The molecular weight excluding hydrogens is 890 g/mol. The summed E-state index contributed by atoms with van der Waals surface area (Å²) < 4.78 is 53.1. The monoisotopic (exact) mass is 985 g/mol. The van der Waals surface area contributed by atoms with E-state index in [1.165, 1.54) is 128 Å². The summed E-state index contributed by atoms with van der Waals surface area (Å²) in [5.74, 6) is -0.990. The zero-order valence-electron chi connectivity index (χ0n) is 41.1. The highest BCUT2D eigenvalue weighted by molar-refractivity contribution is 7.47. The molecule has 0 aromatic carbocycles. The molecule has 0 aliphatic carbocycles. The minimum Gasteiger partial charge on any atom is -0.463 e. The molecule has 0 saturated heterocycles. The molecule has 0 aromatic rings. The van der Waals surface area contributed by atoms with Crippen LogP contribution in [0, 0.1) is 0 Å². The Morgan fingerprint density at radius 1 is 0.394 bits per heavy atom. The highest BCUT2D eigenvalue weighted by atomic mass is 31.2. The van der Waals surface area contributed by atoms with Gasteiger partial charge in [0, 0.05) is 12.8 Å². The third-order valence-electron chi connectivity index (χ3n) is 10.9. The van der Waals surface area contributed by atoms with Gasteiger partial charge in [-0.1, -0.05) is 186 Å². The van der Waals surface area contributed by atoms with Gasteiger partial charge < -0.3 is 34.6 Å². The van der Waals surface area contributed by atoms with E-state index in [4.69, 9.17) is 14.0 Å². The number of phosphoric acid groups is 2. The lowest BCUT2D eigenvalue weighted by molar-refractivity contribution is -0.148. The van der Waals surface area contributed by atoms with Crippen LogP contribution in [0.3, 0.4) is 0 Å². The molecule has 15 nitrogen and oxygen atoms in total. The summed E-state index contributed by atoms with van der Waals surface area (Å²) in [5, 5.41) is 30.0. The van der Waals surface area contributed by atoms with Crippen molar-refractivity contribution in [3.63, 3.8) is 0 Å². The van der Waals surface area contributed by atoms with Gasteiger partial charge in [-0.2, -0.15) is 0 Å². The van der Waals surface area contributed by atoms with E-state index in [1.807, 2.05) is 0 Å². The van der Waals surface area contributed by atoms with E-state index in [9.17, 15) is 43.8 Å². The van der Waals surface area contributed by atoms with Crippen molar-refractivity contribution in [2.45, 2.75) is 238 Å². The van der Waals surface area contributed by atoms with E-state index in [2.05, 4.69) is 51.7 Å². The predicted molar refractivity (Wildman–Crippen MR) is 261 cm³/mol. The SMILES string of the molecule is CCCCC/C=C\C/C=C\CCCCCCCCCCCCCC(=O)OCC(O)COP(=O)(O)OCC(O)COP(=O)(O)OCC(O)COC(=O)CCCCCCCCCCCCCCC. The van der Waals surface area contributed by atoms with Crippen molar-refractivity contribution < 1.29 is 71.4 Å². The van der Waals surface area contributed by atoms with E-state index < -0.39 is 85.5 Å². The number of ether oxygens (including phenoxy) is 2. The van der Waals surface area contributed by atoms with Crippen LogP contribution in [0.2, 0.25) is 0 Å². The molecule has 5 N–H and O–H groups in total. The highest BCUT2D eigenvalue weighted by Crippen LogP contribution is 2.45. The number of carbonyl (C=O) groups is 2. The lowest BCUT2D eigenvalue weighted by Gasteiger charge is -2.19. The third-order valence-corrected chi connectivity index (χ3v) is 12.8. The van der Waals surface area contributed by atoms with Crippen LogP contribution in [0.5, 0.6) is 0 Å². The van der Waals surface area contributed by atoms with Gasteiger partial charge in [0.1, 0.15) is 31.5 Å². The molecule has 17 heteroatoms. The lowest BCUT2D eigenvalue weighted by atomic mass is 10.0. The Bertz CT molecular complexity index is 1280. The summed E-state index contributed by atoms with van der Waals surface area (Å²) in [4.78, 5) is 43.8. The number of hydrogen-bond acceptors (Lipinski definition) is 13. The maximum atomic E-state index is 12.2. The number of aliphatic hydroxyl groups excluding tert-OH is 3. The molecule has 0 spiro atoms. The Labute approximate surface area is 399 Å². The fraction of sp³-hybridized carbons (Fsp3) is 0.878. The van der Waals surface area contributed by atoms with E-state index >= 15 is 0 Å². The number of phosphoric ester groups is 2. The van der Waals surface area contributed by atoms with E-state index in [0.29, 0.717) is 12.8 Å². The van der Waals surface area contributed by atoms with Gasteiger partial charge in [-0.05, 0) is 44.9 Å². The van der Waals surface area contributed by atoms with Gasteiger partial charge in [0.15, 0.2) is 0 Å². The predicted octanol–water partition coefficient (Wildman–Crippen LogP) is 12.1. The summed E-state index contributed by atoms with van der Waals surface area (Å²) >= 11 is 0. The number of hydrogen-bond donors (Lipinski definition) is 5. The zero-order valence-corrected chi connectivity index (χ0v) is 42.9. The van der Waals surface area contributed by atoms with Gasteiger partial charge in [0.2, 0.25) is 0 Å². The van der Waals surface area contributed by atoms with Crippen molar-refractivity contribution in [1.29, 1.82) is 0 Å². The summed E-state index contributed by atoms with van der Waals surface area (Å²) in [6.45, 7) is 0.427. The molecule has 0 fully saturated rings. The van der Waals surface area contributed by atoms with Gasteiger partial charge in [-0.3, -0.25) is 27.7 Å². The van der Waals surface area contributed by atoms with E-state index in [1.54, 1.807) is 0 Å². The summed E-state index contributed by atoms with van der Waals surface area (Å²) in [7, 11) is -9.56. The van der Waals surface area contributed by atoms with Gasteiger partial charge >= 0.3 is 27.6 Å². The first-order chi connectivity index (χ1) is 31.8. The molecule has 0 amide bonds. The molecule has 0 aliphatic rings. The van der Waals surface area contributed by atoms with Crippen LogP contribution in [-0.2, 0) is 46.3 Å². The molecule has 0 aromatic heterocycles. The molecule has 0 saturated carbocycles. The Morgan fingerprint density at radius 2 is 0.652 bits per heavy atom. The topological polar surface area (TPSA) is 225 Å². The molecule has 390 valence electrons. The number of carbonyl (C=O) groups excluding carboxylic acids is 2. The Balaban J connectivity index is 3.83. The minimum absolute atomic E-state index is 0.196. The number of esters is 2. The van der Waals surface area contributed by atoms with Crippen molar-refractivity contribution in [1.82, 2.24) is 0 Å². The largest absolute Gasteiger partial charge is 0.472 e. The molecule has 0 heterocycles.